The van der Waals surface area contributed by atoms with Crippen LogP contribution in [0.5, 0.6) is 0 Å². The highest BCUT2D eigenvalue weighted by molar-refractivity contribution is 7.18. The van der Waals surface area contributed by atoms with Gasteiger partial charge in [0.2, 0.25) is 0 Å². The summed E-state index contributed by atoms with van der Waals surface area (Å²) in [6, 6.07) is 11.8. The number of amides is 2. The van der Waals surface area contributed by atoms with E-state index in [1.165, 1.54) is 17.6 Å². The first-order valence-electron chi connectivity index (χ1n) is 7.05. The summed E-state index contributed by atoms with van der Waals surface area (Å²) in [7, 11) is 0. The number of furan rings is 1. The van der Waals surface area contributed by atoms with Crippen LogP contribution in [0.3, 0.4) is 0 Å². The van der Waals surface area contributed by atoms with Gasteiger partial charge in [0.15, 0.2) is 5.76 Å². The lowest BCUT2D eigenvalue weighted by atomic mass is 10.2. The van der Waals surface area contributed by atoms with Gasteiger partial charge in [-0.25, -0.2) is 0 Å². The molecule has 0 bridgehead atoms. The molecule has 122 valence electrons. The Balaban J connectivity index is 1.68. The molecule has 0 aliphatic heterocycles. The van der Waals surface area contributed by atoms with Crippen LogP contribution in [0, 0.1) is 6.92 Å². The molecule has 3 aromatic rings. The Morgan fingerprint density at radius 2 is 1.92 bits per heavy atom. The lowest BCUT2D eigenvalue weighted by Crippen LogP contribution is -2.11. The maximum absolute atomic E-state index is 12.3. The van der Waals surface area contributed by atoms with Crippen molar-refractivity contribution < 1.29 is 14.0 Å². The lowest BCUT2D eigenvalue weighted by molar-refractivity contribution is 0.0995. The van der Waals surface area contributed by atoms with Crippen molar-refractivity contribution >= 4 is 45.4 Å². The van der Waals surface area contributed by atoms with Crippen LogP contribution in [0.15, 0.2) is 53.1 Å². The molecule has 2 amide bonds. The van der Waals surface area contributed by atoms with Gasteiger partial charge in [0.05, 0.1) is 16.1 Å². The van der Waals surface area contributed by atoms with E-state index in [2.05, 4.69) is 10.6 Å². The van der Waals surface area contributed by atoms with Crippen molar-refractivity contribution in [3.8, 4) is 0 Å². The number of carbonyl (C=O) groups excluding carboxylic acids is 2. The molecule has 2 N–H and O–H groups in total. The summed E-state index contributed by atoms with van der Waals surface area (Å²) in [6.45, 7) is 1.87. The predicted octanol–water partition coefficient (Wildman–Crippen LogP) is 4.81. The molecular weight excluding hydrogens is 348 g/mol. The SMILES string of the molecule is Cc1cc(Cl)ccc1NC(=O)c1ccc(NC(=O)c2ccco2)s1. The minimum Gasteiger partial charge on any atom is -0.459 e. The fraction of sp³-hybridized carbons (Fsp3) is 0.0588. The summed E-state index contributed by atoms with van der Waals surface area (Å²) < 4.78 is 5.03. The van der Waals surface area contributed by atoms with E-state index in [-0.39, 0.29) is 17.6 Å². The molecule has 2 heterocycles. The molecule has 5 nitrogen and oxygen atoms in total. The number of thiophene rings is 1. The zero-order valence-corrected chi connectivity index (χ0v) is 14.2. The average Bonchev–Trinajstić information content (AvgIpc) is 3.21. The van der Waals surface area contributed by atoms with Crippen molar-refractivity contribution in [1.29, 1.82) is 0 Å². The van der Waals surface area contributed by atoms with E-state index in [9.17, 15) is 9.59 Å². The Bertz CT molecular complexity index is 887. The first kappa shape index (κ1) is 16.3. The maximum Gasteiger partial charge on any atom is 0.291 e. The number of nitrogens with one attached hydrogen (secondary N) is 2. The third-order valence-electron chi connectivity index (χ3n) is 3.25. The number of anilines is 2. The Morgan fingerprint density at radius 1 is 1.08 bits per heavy atom. The molecule has 0 aliphatic carbocycles. The van der Waals surface area contributed by atoms with Crippen LogP contribution in [0.4, 0.5) is 10.7 Å². The fourth-order valence-corrected chi connectivity index (χ4v) is 3.08. The first-order valence-corrected chi connectivity index (χ1v) is 8.24. The first-order chi connectivity index (χ1) is 11.5. The van der Waals surface area contributed by atoms with Crippen molar-refractivity contribution in [1.82, 2.24) is 0 Å². The van der Waals surface area contributed by atoms with Gasteiger partial charge in [0.25, 0.3) is 11.8 Å². The van der Waals surface area contributed by atoms with Crippen molar-refractivity contribution in [2.45, 2.75) is 6.92 Å². The van der Waals surface area contributed by atoms with Gasteiger partial charge in [0.1, 0.15) is 0 Å². The van der Waals surface area contributed by atoms with Gasteiger partial charge in [-0.15, -0.1) is 11.3 Å². The third kappa shape index (κ3) is 3.67. The standard InChI is InChI=1S/C17H13ClN2O3S/c1-10-9-11(18)4-5-12(10)19-17(22)14-6-7-15(24-14)20-16(21)13-3-2-8-23-13/h2-9H,1H3,(H,19,22)(H,20,21). The molecule has 7 heteroatoms. The molecule has 1 aromatic carbocycles. The quantitative estimate of drug-likeness (QED) is 0.701. The molecule has 0 fully saturated rings. The van der Waals surface area contributed by atoms with E-state index in [0.29, 0.717) is 20.6 Å². The highest BCUT2D eigenvalue weighted by atomic mass is 35.5. The number of halogens is 1. The molecule has 0 saturated carbocycles. The summed E-state index contributed by atoms with van der Waals surface area (Å²) in [6.07, 6.45) is 1.43. The van der Waals surface area contributed by atoms with E-state index in [0.717, 1.165) is 5.56 Å². The molecule has 3 rings (SSSR count). The topological polar surface area (TPSA) is 71.3 Å². The van der Waals surface area contributed by atoms with E-state index in [1.807, 2.05) is 6.92 Å². The van der Waals surface area contributed by atoms with Crippen LogP contribution >= 0.6 is 22.9 Å². The van der Waals surface area contributed by atoms with Crippen molar-refractivity contribution in [3.05, 3.63) is 70.0 Å². The second-order valence-electron chi connectivity index (χ2n) is 5.01. The molecule has 0 atom stereocenters. The zero-order valence-electron chi connectivity index (χ0n) is 12.6. The van der Waals surface area contributed by atoms with Crippen LogP contribution in [0.1, 0.15) is 25.8 Å². The highest BCUT2D eigenvalue weighted by Crippen LogP contribution is 2.25. The zero-order chi connectivity index (χ0) is 17.1. The number of aryl methyl sites for hydroxylation is 1. The Kier molecular flexibility index (Phi) is 4.69. The van der Waals surface area contributed by atoms with Crippen LogP contribution in [-0.2, 0) is 0 Å². The van der Waals surface area contributed by atoms with E-state index in [4.69, 9.17) is 16.0 Å². The Labute approximate surface area is 147 Å². The maximum atomic E-state index is 12.3. The average molecular weight is 361 g/mol. The second-order valence-corrected chi connectivity index (χ2v) is 6.53. The van der Waals surface area contributed by atoms with Crippen LogP contribution in [0.25, 0.3) is 0 Å². The van der Waals surface area contributed by atoms with Gasteiger partial charge in [0, 0.05) is 10.7 Å². The van der Waals surface area contributed by atoms with E-state index < -0.39 is 0 Å². The monoisotopic (exact) mass is 360 g/mol. The molecule has 0 unspecified atom stereocenters. The smallest absolute Gasteiger partial charge is 0.291 e. The fourth-order valence-electron chi connectivity index (χ4n) is 2.06. The second kappa shape index (κ2) is 6.90. The van der Waals surface area contributed by atoms with Gasteiger partial charge in [-0.1, -0.05) is 11.6 Å². The number of hydrogen-bond acceptors (Lipinski definition) is 4. The van der Waals surface area contributed by atoms with Crippen LogP contribution in [0.2, 0.25) is 5.02 Å². The molecule has 0 radical (unpaired) electrons. The Hall–Kier alpha value is -2.57. The van der Waals surface area contributed by atoms with Gasteiger partial charge >= 0.3 is 0 Å². The minimum absolute atomic E-state index is 0.214. The summed E-state index contributed by atoms with van der Waals surface area (Å²) in [5, 5.41) is 6.70. The molecule has 0 spiro atoms. The van der Waals surface area contributed by atoms with Gasteiger partial charge in [-0.2, -0.15) is 0 Å². The largest absolute Gasteiger partial charge is 0.459 e. The molecule has 24 heavy (non-hydrogen) atoms. The van der Waals surface area contributed by atoms with Gasteiger partial charge in [-0.05, 0) is 55.0 Å². The Morgan fingerprint density at radius 3 is 2.62 bits per heavy atom. The number of carbonyl (C=O) groups is 2. The molecule has 0 aliphatic rings. The summed E-state index contributed by atoms with van der Waals surface area (Å²) in [5.41, 5.74) is 1.57. The van der Waals surface area contributed by atoms with Gasteiger partial charge < -0.3 is 15.1 Å². The van der Waals surface area contributed by atoms with Crippen molar-refractivity contribution in [2.75, 3.05) is 10.6 Å². The number of benzene rings is 1. The molecule has 0 saturated heterocycles. The van der Waals surface area contributed by atoms with Crippen molar-refractivity contribution in [3.63, 3.8) is 0 Å². The lowest BCUT2D eigenvalue weighted by Gasteiger charge is -2.07. The minimum atomic E-state index is -0.359. The number of rotatable bonds is 4. The van der Waals surface area contributed by atoms with Crippen molar-refractivity contribution in [2.24, 2.45) is 0 Å². The summed E-state index contributed by atoms with van der Waals surface area (Å²) in [4.78, 5) is 24.7. The molecular formula is C17H13ClN2O3S. The predicted molar refractivity (Wildman–Crippen MR) is 95.1 cm³/mol. The third-order valence-corrected chi connectivity index (χ3v) is 4.48. The van der Waals surface area contributed by atoms with Crippen LogP contribution in [-0.4, -0.2) is 11.8 Å². The van der Waals surface area contributed by atoms with E-state index >= 15 is 0 Å². The van der Waals surface area contributed by atoms with Gasteiger partial charge in [-0.3, -0.25) is 9.59 Å². The summed E-state index contributed by atoms with van der Waals surface area (Å²) in [5.74, 6) is -0.391. The number of hydrogen-bond donors (Lipinski definition) is 2. The molecule has 2 aromatic heterocycles. The van der Waals surface area contributed by atoms with E-state index in [1.54, 1.807) is 42.5 Å². The highest BCUT2D eigenvalue weighted by Gasteiger charge is 2.14. The summed E-state index contributed by atoms with van der Waals surface area (Å²) >= 11 is 7.09. The normalized spacial score (nSPS) is 10.4. The van der Waals surface area contributed by atoms with Crippen LogP contribution < -0.4 is 10.6 Å².